The van der Waals surface area contributed by atoms with Crippen molar-refractivity contribution in [2.24, 2.45) is 12.9 Å². The summed E-state index contributed by atoms with van der Waals surface area (Å²) in [4.78, 5) is 0. The Balaban J connectivity index is 0.000000845. The number of aryl methyl sites for hydroxylation is 1. The molecule has 0 aliphatic rings. The summed E-state index contributed by atoms with van der Waals surface area (Å²) in [6.07, 6.45) is 1.83. The quantitative estimate of drug-likeness (QED) is 0.536. The molecule has 0 fully saturated rings. The number of halogens is 1. The van der Waals surface area contributed by atoms with Gasteiger partial charge in [0.05, 0.1) is 17.4 Å². The topological polar surface area (TPSA) is 55.9 Å². The Labute approximate surface area is 82.1 Å². The highest BCUT2D eigenvalue weighted by atomic mass is 35.5. The molecule has 0 spiro atoms. The predicted molar refractivity (Wildman–Crippen MR) is 55.8 cm³/mol. The number of nitrogens with one attached hydrogen (secondary N) is 1. The molecule has 13 heavy (non-hydrogen) atoms. The van der Waals surface area contributed by atoms with Gasteiger partial charge in [0.1, 0.15) is 0 Å². The standard InChI is InChI=1S/C8H10N4.ClH/c1-12-8-4-7(11-9)3-2-6(8)5-10-12;/h2-5,11H,9H2,1H3;1H. The molecular weight excluding hydrogens is 188 g/mol. The van der Waals surface area contributed by atoms with Gasteiger partial charge in [0, 0.05) is 12.4 Å². The molecule has 0 radical (unpaired) electrons. The van der Waals surface area contributed by atoms with E-state index in [4.69, 9.17) is 5.84 Å². The van der Waals surface area contributed by atoms with Crippen LogP contribution in [0.1, 0.15) is 0 Å². The van der Waals surface area contributed by atoms with Gasteiger partial charge >= 0.3 is 0 Å². The maximum Gasteiger partial charge on any atom is 0.0700 e. The zero-order valence-corrected chi connectivity index (χ0v) is 8.01. The number of hydrogen-bond donors (Lipinski definition) is 2. The number of benzene rings is 1. The van der Waals surface area contributed by atoms with Crippen LogP contribution in [0.3, 0.4) is 0 Å². The van der Waals surface area contributed by atoms with Crippen molar-refractivity contribution in [3.63, 3.8) is 0 Å². The number of fused-ring (bicyclic) bond motifs is 1. The lowest BCUT2D eigenvalue weighted by Crippen LogP contribution is -2.06. The summed E-state index contributed by atoms with van der Waals surface area (Å²) in [7, 11) is 1.91. The van der Waals surface area contributed by atoms with Crippen LogP contribution in [-0.4, -0.2) is 9.78 Å². The van der Waals surface area contributed by atoms with Crippen molar-refractivity contribution in [3.05, 3.63) is 24.4 Å². The minimum absolute atomic E-state index is 0. The molecule has 3 N–H and O–H groups in total. The van der Waals surface area contributed by atoms with Crippen LogP contribution in [0.4, 0.5) is 5.69 Å². The maximum absolute atomic E-state index is 5.28. The normalized spacial score (nSPS) is 9.69. The van der Waals surface area contributed by atoms with E-state index in [9.17, 15) is 0 Å². The van der Waals surface area contributed by atoms with Gasteiger partial charge in [-0.05, 0) is 18.2 Å². The molecule has 70 valence electrons. The van der Waals surface area contributed by atoms with Crippen molar-refractivity contribution in [2.45, 2.75) is 0 Å². The highest BCUT2D eigenvalue weighted by Crippen LogP contribution is 2.16. The lowest BCUT2D eigenvalue weighted by molar-refractivity contribution is 0.797. The van der Waals surface area contributed by atoms with E-state index in [0.717, 1.165) is 16.6 Å². The van der Waals surface area contributed by atoms with Crippen molar-refractivity contribution in [2.75, 3.05) is 5.43 Å². The Kier molecular flexibility index (Phi) is 2.75. The Hall–Kier alpha value is -1.26. The largest absolute Gasteiger partial charge is 0.324 e. The number of anilines is 1. The Bertz CT molecular complexity index is 409. The second kappa shape index (κ2) is 3.64. The fraction of sp³-hybridized carbons (Fsp3) is 0.125. The van der Waals surface area contributed by atoms with Gasteiger partial charge in [-0.15, -0.1) is 12.4 Å². The molecule has 4 nitrogen and oxygen atoms in total. The number of hydrazine groups is 1. The molecule has 0 aliphatic carbocycles. The minimum Gasteiger partial charge on any atom is -0.324 e. The molecule has 1 heterocycles. The van der Waals surface area contributed by atoms with E-state index < -0.39 is 0 Å². The average molecular weight is 199 g/mol. The number of rotatable bonds is 1. The number of nitrogen functional groups attached to an aromatic ring is 1. The lowest BCUT2D eigenvalue weighted by Gasteiger charge is -1.99. The fourth-order valence-electron chi connectivity index (χ4n) is 1.23. The summed E-state index contributed by atoms with van der Waals surface area (Å²) in [5.74, 6) is 5.28. The molecular formula is C8H11ClN4. The molecule has 0 bridgehead atoms. The third-order valence-electron chi connectivity index (χ3n) is 1.92. The summed E-state index contributed by atoms with van der Waals surface area (Å²) in [5, 5.41) is 5.24. The number of nitrogens with two attached hydrogens (primary N) is 1. The van der Waals surface area contributed by atoms with E-state index in [-0.39, 0.29) is 12.4 Å². The molecule has 1 aromatic carbocycles. The van der Waals surface area contributed by atoms with Crippen LogP contribution in [0.25, 0.3) is 10.9 Å². The third-order valence-corrected chi connectivity index (χ3v) is 1.92. The van der Waals surface area contributed by atoms with Crippen LogP contribution < -0.4 is 11.3 Å². The molecule has 0 unspecified atom stereocenters. The van der Waals surface area contributed by atoms with Crippen LogP contribution in [0, 0.1) is 0 Å². The Morgan fingerprint density at radius 1 is 1.46 bits per heavy atom. The molecule has 1 aromatic heterocycles. The van der Waals surface area contributed by atoms with E-state index in [1.165, 1.54) is 0 Å². The van der Waals surface area contributed by atoms with E-state index in [1.54, 1.807) is 0 Å². The van der Waals surface area contributed by atoms with Gasteiger partial charge in [0.2, 0.25) is 0 Å². The molecule has 0 aliphatic heterocycles. The minimum atomic E-state index is 0. The van der Waals surface area contributed by atoms with Crippen LogP contribution in [0.15, 0.2) is 24.4 Å². The SMILES string of the molecule is Cl.Cn1ncc2ccc(NN)cc21. The van der Waals surface area contributed by atoms with Gasteiger partial charge in [-0.2, -0.15) is 5.10 Å². The van der Waals surface area contributed by atoms with Crippen molar-refractivity contribution < 1.29 is 0 Å². The second-order valence-electron chi connectivity index (χ2n) is 2.69. The van der Waals surface area contributed by atoms with Gasteiger partial charge in [0.25, 0.3) is 0 Å². The number of hydrogen-bond acceptors (Lipinski definition) is 3. The number of aromatic nitrogens is 2. The molecule has 2 rings (SSSR count). The first kappa shape index (κ1) is 9.83. The van der Waals surface area contributed by atoms with Crippen molar-refractivity contribution in [1.29, 1.82) is 0 Å². The first-order chi connectivity index (χ1) is 5.81. The summed E-state index contributed by atoms with van der Waals surface area (Å²) >= 11 is 0. The van der Waals surface area contributed by atoms with Gasteiger partial charge in [-0.3, -0.25) is 10.5 Å². The average Bonchev–Trinajstić information content (AvgIpc) is 2.47. The molecule has 5 heteroatoms. The summed E-state index contributed by atoms with van der Waals surface area (Å²) in [6, 6.07) is 5.86. The van der Waals surface area contributed by atoms with Gasteiger partial charge in [0.15, 0.2) is 0 Å². The first-order valence-corrected chi connectivity index (χ1v) is 3.69. The summed E-state index contributed by atoms with van der Waals surface area (Å²) in [5.41, 5.74) is 4.56. The summed E-state index contributed by atoms with van der Waals surface area (Å²) in [6.45, 7) is 0. The van der Waals surface area contributed by atoms with Crippen molar-refractivity contribution >= 4 is 29.0 Å². The zero-order chi connectivity index (χ0) is 8.55. The Morgan fingerprint density at radius 2 is 2.23 bits per heavy atom. The highest BCUT2D eigenvalue weighted by molar-refractivity contribution is 5.85. The molecule has 0 atom stereocenters. The molecule has 0 saturated carbocycles. The van der Waals surface area contributed by atoms with Crippen LogP contribution in [0.5, 0.6) is 0 Å². The molecule has 0 saturated heterocycles. The van der Waals surface area contributed by atoms with Crippen molar-refractivity contribution in [1.82, 2.24) is 9.78 Å². The van der Waals surface area contributed by atoms with Crippen LogP contribution in [-0.2, 0) is 7.05 Å². The first-order valence-electron chi connectivity index (χ1n) is 3.69. The van der Waals surface area contributed by atoms with Crippen LogP contribution >= 0.6 is 12.4 Å². The van der Waals surface area contributed by atoms with E-state index in [2.05, 4.69) is 10.5 Å². The monoisotopic (exact) mass is 198 g/mol. The van der Waals surface area contributed by atoms with Crippen LogP contribution in [0.2, 0.25) is 0 Å². The second-order valence-corrected chi connectivity index (χ2v) is 2.69. The maximum atomic E-state index is 5.28. The van der Waals surface area contributed by atoms with Crippen molar-refractivity contribution in [3.8, 4) is 0 Å². The zero-order valence-electron chi connectivity index (χ0n) is 7.19. The molecule has 2 aromatic rings. The van der Waals surface area contributed by atoms with E-state index in [1.807, 2.05) is 36.1 Å². The van der Waals surface area contributed by atoms with Gasteiger partial charge < -0.3 is 5.43 Å². The number of nitrogens with zero attached hydrogens (tertiary/aromatic N) is 2. The Morgan fingerprint density at radius 3 is 2.92 bits per heavy atom. The third kappa shape index (κ3) is 1.59. The smallest absolute Gasteiger partial charge is 0.0700 e. The van der Waals surface area contributed by atoms with E-state index in [0.29, 0.717) is 0 Å². The van der Waals surface area contributed by atoms with Gasteiger partial charge in [-0.1, -0.05) is 0 Å². The van der Waals surface area contributed by atoms with E-state index >= 15 is 0 Å². The van der Waals surface area contributed by atoms with Gasteiger partial charge in [-0.25, -0.2) is 0 Å². The fourth-order valence-corrected chi connectivity index (χ4v) is 1.23. The molecule has 0 amide bonds. The summed E-state index contributed by atoms with van der Waals surface area (Å²) < 4.78 is 1.82. The highest BCUT2D eigenvalue weighted by Gasteiger charge is 1.98. The lowest BCUT2D eigenvalue weighted by atomic mass is 10.2. The predicted octanol–water partition coefficient (Wildman–Crippen LogP) is 1.28.